The van der Waals surface area contributed by atoms with Crippen LogP contribution >= 0.6 is 0 Å². The molecule has 26 heavy (non-hydrogen) atoms. The molecule has 0 radical (unpaired) electrons. The number of anilines is 1. The summed E-state index contributed by atoms with van der Waals surface area (Å²) in [5.74, 6) is 1.68. The molecule has 0 spiro atoms. The second kappa shape index (κ2) is 7.46. The minimum Gasteiger partial charge on any atom is -0.497 e. The second-order valence-corrected chi connectivity index (χ2v) is 8.12. The Morgan fingerprint density at radius 2 is 2.04 bits per heavy atom. The fourth-order valence-electron chi connectivity index (χ4n) is 2.73. The summed E-state index contributed by atoms with van der Waals surface area (Å²) in [4.78, 5) is 10.3. The lowest BCUT2D eigenvalue weighted by molar-refractivity contribution is 0.206. The van der Waals surface area contributed by atoms with Gasteiger partial charge in [0.25, 0.3) is 0 Å². The molecule has 1 aliphatic rings. The van der Waals surface area contributed by atoms with Gasteiger partial charge < -0.3 is 14.4 Å². The van der Waals surface area contributed by atoms with Gasteiger partial charge in [-0.15, -0.1) is 0 Å². The zero-order chi connectivity index (χ0) is 18.7. The van der Waals surface area contributed by atoms with E-state index in [1.165, 1.54) is 23.8 Å². The first-order valence-corrected chi connectivity index (χ1v) is 9.64. The molecule has 0 saturated carbocycles. The number of methoxy groups -OCH3 is 1. The van der Waals surface area contributed by atoms with E-state index in [-0.39, 0.29) is 17.5 Å². The molecule has 1 atom stereocenters. The Kier molecular flexibility index (Phi) is 5.28. The average molecular weight is 378 g/mol. The van der Waals surface area contributed by atoms with Gasteiger partial charge in [-0.25, -0.2) is 18.4 Å². The number of sulfonamides is 1. The van der Waals surface area contributed by atoms with Crippen molar-refractivity contribution >= 4 is 15.8 Å². The quantitative estimate of drug-likeness (QED) is 0.751. The summed E-state index contributed by atoms with van der Waals surface area (Å²) in [6, 6.07) is 8.21. The van der Waals surface area contributed by atoms with Gasteiger partial charge in [-0.1, -0.05) is 6.07 Å². The van der Waals surface area contributed by atoms with Crippen LogP contribution in [0.2, 0.25) is 0 Å². The second-order valence-electron chi connectivity index (χ2n) is 6.18. The van der Waals surface area contributed by atoms with Crippen LogP contribution in [0.25, 0.3) is 0 Å². The van der Waals surface area contributed by atoms with E-state index in [1.54, 1.807) is 24.3 Å². The first kappa shape index (κ1) is 18.4. The molecule has 9 heteroatoms. The van der Waals surface area contributed by atoms with Crippen LogP contribution in [0.1, 0.15) is 6.42 Å². The van der Waals surface area contributed by atoms with Gasteiger partial charge in [0, 0.05) is 32.8 Å². The van der Waals surface area contributed by atoms with Crippen molar-refractivity contribution in [3.05, 3.63) is 36.7 Å². The highest BCUT2D eigenvalue weighted by molar-refractivity contribution is 7.89. The molecule has 2 heterocycles. The van der Waals surface area contributed by atoms with Crippen LogP contribution in [-0.4, -0.2) is 63.1 Å². The number of ether oxygens (including phenoxy) is 2. The molecular weight excluding hydrogens is 356 g/mol. The highest BCUT2D eigenvalue weighted by atomic mass is 32.2. The summed E-state index contributed by atoms with van der Waals surface area (Å²) >= 11 is 0. The molecule has 1 aromatic carbocycles. The van der Waals surface area contributed by atoms with E-state index in [1.807, 2.05) is 19.0 Å². The maximum atomic E-state index is 12.8. The third-order valence-corrected chi connectivity index (χ3v) is 6.02. The Morgan fingerprint density at radius 3 is 2.77 bits per heavy atom. The Morgan fingerprint density at radius 1 is 1.23 bits per heavy atom. The normalized spacial score (nSPS) is 17.9. The number of benzene rings is 1. The third-order valence-electron chi connectivity index (χ3n) is 4.16. The maximum Gasteiger partial charge on any atom is 0.243 e. The summed E-state index contributed by atoms with van der Waals surface area (Å²) in [5.41, 5.74) is 0. The Labute approximate surface area is 153 Å². The molecule has 1 aromatic heterocycles. The van der Waals surface area contributed by atoms with Gasteiger partial charge in [-0.2, -0.15) is 4.31 Å². The average Bonchev–Trinajstić information content (AvgIpc) is 3.11. The van der Waals surface area contributed by atoms with E-state index in [9.17, 15) is 8.42 Å². The van der Waals surface area contributed by atoms with E-state index in [0.717, 1.165) is 5.82 Å². The SMILES string of the molecule is COc1cccc(S(=O)(=O)N2CCC(Oc3cc(N(C)C)ncn3)C2)c1. The first-order valence-electron chi connectivity index (χ1n) is 8.20. The molecule has 0 amide bonds. The summed E-state index contributed by atoms with van der Waals surface area (Å²) in [6.45, 7) is 0.677. The predicted molar refractivity (Wildman–Crippen MR) is 97.1 cm³/mol. The Hall–Kier alpha value is -2.39. The third kappa shape index (κ3) is 3.88. The summed E-state index contributed by atoms with van der Waals surface area (Å²) in [6.07, 6.45) is 1.79. The fraction of sp³-hybridized carbons (Fsp3) is 0.412. The van der Waals surface area contributed by atoms with Gasteiger partial charge in [0.05, 0.1) is 18.6 Å². The zero-order valence-electron chi connectivity index (χ0n) is 15.0. The fourth-order valence-corrected chi connectivity index (χ4v) is 4.25. The van der Waals surface area contributed by atoms with Crippen molar-refractivity contribution in [3.8, 4) is 11.6 Å². The molecule has 2 aromatic rings. The van der Waals surface area contributed by atoms with Crippen LogP contribution in [-0.2, 0) is 10.0 Å². The zero-order valence-corrected chi connectivity index (χ0v) is 15.8. The van der Waals surface area contributed by atoms with Crippen molar-refractivity contribution in [1.29, 1.82) is 0 Å². The van der Waals surface area contributed by atoms with Crippen LogP contribution in [0, 0.1) is 0 Å². The molecule has 0 bridgehead atoms. The molecule has 1 unspecified atom stereocenters. The van der Waals surface area contributed by atoms with Crippen molar-refractivity contribution in [2.24, 2.45) is 0 Å². The van der Waals surface area contributed by atoms with E-state index in [4.69, 9.17) is 9.47 Å². The van der Waals surface area contributed by atoms with E-state index in [2.05, 4.69) is 9.97 Å². The number of hydrogen-bond acceptors (Lipinski definition) is 7. The monoisotopic (exact) mass is 378 g/mol. The smallest absolute Gasteiger partial charge is 0.243 e. The van der Waals surface area contributed by atoms with E-state index >= 15 is 0 Å². The van der Waals surface area contributed by atoms with Crippen molar-refractivity contribution in [3.63, 3.8) is 0 Å². The summed E-state index contributed by atoms with van der Waals surface area (Å²) in [5, 5.41) is 0. The number of aromatic nitrogens is 2. The first-order chi connectivity index (χ1) is 12.4. The molecular formula is C17H22N4O4S. The largest absolute Gasteiger partial charge is 0.497 e. The van der Waals surface area contributed by atoms with Crippen LogP contribution in [0.5, 0.6) is 11.6 Å². The van der Waals surface area contributed by atoms with Crippen molar-refractivity contribution in [1.82, 2.24) is 14.3 Å². The van der Waals surface area contributed by atoms with Crippen LogP contribution < -0.4 is 14.4 Å². The number of nitrogens with zero attached hydrogens (tertiary/aromatic N) is 4. The Bertz CT molecular complexity index is 873. The van der Waals surface area contributed by atoms with E-state index in [0.29, 0.717) is 24.6 Å². The highest BCUT2D eigenvalue weighted by Crippen LogP contribution is 2.26. The minimum absolute atomic E-state index is 0.217. The Balaban J connectivity index is 1.70. The minimum atomic E-state index is -3.59. The maximum absolute atomic E-state index is 12.8. The van der Waals surface area contributed by atoms with Gasteiger partial charge in [0.1, 0.15) is 24.0 Å². The molecule has 1 saturated heterocycles. The molecule has 0 N–H and O–H groups in total. The number of rotatable bonds is 6. The number of hydrogen-bond donors (Lipinski definition) is 0. The molecule has 3 rings (SSSR count). The topological polar surface area (TPSA) is 84.9 Å². The van der Waals surface area contributed by atoms with Crippen LogP contribution in [0.15, 0.2) is 41.6 Å². The predicted octanol–water partition coefficient (Wildman–Crippen LogP) is 1.39. The lowest BCUT2D eigenvalue weighted by Crippen LogP contribution is -2.31. The van der Waals surface area contributed by atoms with Crippen LogP contribution in [0.3, 0.4) is 0 Å². The lowest BCUT2D eigenvalue weighted by atomic mass is 10.3. The standard InChI is InChI=1S/C17H22N4O4S/c1-20(2)16-10-17(19-12-18-16)25-14-7-8-21(11-14)26(22,23)15-6-4-5-13(9-15)24-3/h4-6,9-10,12,14H,7-8,11H2,1-3H3. The van der Waals surface area contributed by atoms with E-state index < -0.39 is 10.0 Å². The molecule has 1 fully saturated rings. The lowest BCUT2D eigenvalue weighted by Gasteiger charge is -2.18. The van der Waals surface area contributed by atoms with Crippen molar-refractivity contribution < 1.29 is 17.9 Å². The molecule has 0 aliphatic carbocycles. The van der Waals surface area contributed by atoms with Gasteiger partial charge in [-0.3, -0.25) is 0 Å². The molecule has 8 nitrogen and oxygen atoms in total. The molecule has 140 valence electrons. The highest BCUT2D eigenvalue weighted by Gasteiger charge is 2.34. The van der Waals surface area contributed by atoms with Crippen molar-refractivity contribution in [2.45, 2.75) is 17.4 Å². The van der Waals surface area contributed by atoms with Gasteiger partial charge in [0.2, 0.25) is 15.9 Å². The van der Waals surface area contributed by atoms with Crippen LogP contribution in [0.4, 0.5) is 5.82 Å². The molecule has 1 aliphatic heterocycles. The summed E-state index contributed by atoms with van der Waals surface area (Å²) < 4.78 is 38.1. The summed E-state index contributed by atoms with van der Waals surface area (Å²) in [7, 11) is 1.68. The van der Waals surface area contributed by atoms with Gasteiger partial charge in [-0.05, 0) is 18.6 Å². The van der Waals surface area contributed by atoms with Crippen molar-refractivity contribution in [2.75, 3.05) is 39.2 Å². The van der Waals surface area contributed by atoms with Gasteiger partial charge in [0.15, 0.2) is 0 Å². The van der Waals surface area contributed by atoms with Gasteiger partial charge >= 0.3 is 0 Å².